The van der Waals surface area contributed by atoms with Gasteiger partial charge in [0.15, 0.2) is 0 Å². The maximum absolute atomic E-state index is 5.89. The molecular weight excluding hydrogens is 236 g/mol. The van der Waals surface area contributed by atoms with E-state index in [1.165, 1.54) is 32.4 Å². The molecule has 0 radical (unpaired) electrons. The second-order valence-electron chi connectivity index (χ2n) is 5.87. The van der Waals surface area contributed by atoms with E-state index < -0.39 is 0 Å². The van der Waals surface area contributed by atoms with Crippen LogP contribution in [0.4, 0.5) is 0 Å². The summed E-state index contributed by atoms with van der Waals surface area (Å²) in [4.78, 5) is 2.57. The molecule has 1 aliphatic carbocycles. The maximum Gasteiger partial charge on any atom is 0.123 e. The van der Waals surface area contributed by atoms with Crippen molar-refractivity contribution in [2.75, 3.05) is 26.2 Å². The van der Waals surface area contributed by atoms with Crippen molar-refractivity contribution < 1.29 is 4.74 Å². The summed E-state index contributed by atoms with van der Waals surface area (Å²) >= 11 is 0. The van der Waals surface area contributed by atoms with Gasteiger partial charge >= 0.3 is 0 Å². The normalized spacial score (nSPS) is 26.6. The molecule has 3 nitrogen and oxygen atoms in total. The molecule has 2 atom stereocenters. The minimum atomic E-state index is 0.546. The van der Waals surface area contributed by atoms with Crippen LogP contribution in [0.3, 0.4) is 0 Å². The zero-order valence-electron chi connectivity index (χ0n) is 11.6. The molecule has 2 N–H and O–H groups in total. The van der Waals surface area contributed by atoms with Gasteiger partial charge in [-0.25, -0.2) is 0 Å². The quantitative estimate of drug-likeness (QED) is 0.882. The fourth-order valence-corrected chi connectivity index (χ4v) is 3.61. The zero-order valence-corrected chi connectivity index (χ0v) is 11.6. The third-order valence-corrected chi connectivity index (χ3v) is 4.66. The molecule has 1 aromatic carbocycles. The van der Waals surface area contributed by atoms with Crippen LogP contribution in [0, 0.1) is 11.8 Å². The van der Waals surface area contributed by atoms with E-state index in [-0.39, 0.29) is 0 Å². The van der Waals surface area contributed by atoms with E-state index in [1.54, 1.807) is 0 Å². The highest BCUT2D eigenvalue weighted by molar-refractivity contribution is 5.32. The van der Waals surface area contributed by atoms with Gasteiger partial charge in [0.25, 0.3) is 0 Å². The van der Waals surface area contributed by atoms with Crippen LogP contribution in [0.2, 0.25) is 0 Å². The van der Waals surface area contributed by atoms with Gasteiger partial charge in [-0.05, 0) is 30.7 Å². The smallest absolute Gasteiger partial charge is 0.123 e. The first-order valence-corrected chi connectivity index (χ1v) is 7.50. The molecule has 0 spiro atoms. The van der Waals surface area contributed by atoms with Crippen molar-refractivity contribution in [3.8, 4) is 5.75 Å². The average Bonchev–Trinajstić information content (AvgIpc) is 3.00. The van der Waals surface area contributed by atoms with E-state index in [2.05, 4.69) is 4.90 Å². The van der Waals surface area contributed by atoms with Crippen molar-refractivity contribution in [2.45, 2.75) is 25.8 Å². The number of rotatable bonds is 5. The van der Waals surface area contributed by atoms with Crippen molar-refractivity contribution in [1.29, 1.82) is 0 Å². The number of hydrogen-bond acceptors (Lipinski definition) is 3. The lowest BCUT2D eigenvalue weighted by Gasteiger charge is -2.17. The van der Waals surface area contributed by atoms with Gasteiger partial charge in [0.05, 0.1) is 0 Å². The lowest BCUT2D eigenvalue weighted by molar-refractivity contribution is 0.226. The van der Waals surface area contributed by atoms with E-state index >= 15 is 0 Å². The number of likely N-dealkylation sites (tertiary alicyclic amines) is 1. The van der Waals surface area contributed by atoms with E-state index in [0.717, 1.165) is 36.3 Å². The van der Waals surface area contributed by atoms with E-state index in [9.17, 15) is 0 Å². The van der Waals surface area contributed by atoms with Crippen molar-refractivity contribution in [1.82, 2.24) is 4.90 Å². The minimum Gasteiger partial charge on any atom is -0.492 e. The van der Waals surface area contributed by atoms with Crippen LogP contribution in [0.25, 0.3) is 0 Å². The lowest BCUT2D eigenvalue weighted by atomic mass is 10.0. The van der Waals surface area contributed by atoms with Gasteiger partial charge in [0, 0.05) is 31.7 Å². The Balaban J connectivity index is 1.46. The highest BCUT2D eigenvalue weighted by Gasteiger charge is 2.35. The van der Waals surface area contributed by atoms with E-state index in [0.29, 0.717) is 6.54 Å². The fourth-order valence-electron chi connectivity index (χ4n) is 3.61. The zero-order chi connectivity index (χ0) is 13.1. The van der Waals surface area contributed by atoms with Crippen LogP contribution < -0.4 is 10.5 Å². The molecule has 0 aromatic heterocycles. The Morgan fingerprint density at radius 2 is 1.89 bits per heavy atom. The molecule has 2 unspecified atom stereocenters. The molecule has 1 aromatic rings. The molecule has 1 heterocycles. The average molecular weight is 260 g/mol. The maximum atomic E-state index is 5.89. The molecule has 1 saturated carbocycles. The number of nitrogens with two attached hydrogens (primary N) is 1. The second-order valence-corrected chi connectivity index (χ2v) is 5.87. The Morgan fingerprint density at radius 3 is 2.63 bits per heavy atom. The Labute approximate surface area is 115 Å². The minimum absolute atomic E-state index is 0.546. The summed E-state index contributed by atoms with van der Waals surface area (Å²) in [6, 6.07) is 8.07. The van der Waals surface area contributed by atoms with Gasteiger partial charge < -0.3 is 10.5 Å². The summed E-state index contributed by atoms with van der Waals surface area (Å²) in [7, 11) is 0. The number of fused-ring (bicyclic) bond motifs is 1. The third-order valence-electron chi connectivity index (χ3n) is 4.66. The molecule has 2 fully saturated rings. The van der Waals surface area contributed by atoms with Crippen molar-refractivity contribution in [3.05, 3.63) is 29.8 Å². The Morgan fingerprint density at radius 1 is 1.16 bits per heavy atom. The molecule has 1 saturated heterocycles. The van der Waals surface area contributed by atoms with E-state index in [4.69, 9.17) is 10.5 Å². The predicted molar refractivity (Wildman–Crippen MR) is 77.1 cm³/mol. The Bertz CT molecular complexity index is 409. The van der Waals surface area contributed by atoms with Crippen molar-refractivity contribution >= 4 is 0 Å². The Hall–Kier alpha value is -1.06. The number of ether oxygens (including phenoxy) is 1. The molecule has 104 valence electrons. The molecular formula is C16H24N2O. The molecule has 1 aliphatic heterocycles. The first-order chi connectivity index (χ1) is 9.36. The number of para-hydroxylation sites is 1. The van der Waals surface area contributed by atoms with Gasteiger partial charge in [-0.2, -0.15) is 0 Å². The molecule has 2 aliphatic rings. The Kier molecular flexibility index (Phi) is 4.04. The van der Waals surface area contributed by atoms with Crippen LogP contribution in [-0.4, -0.2) is 31.1 Å². The van der Waals surface area contributed by atoms with Gasteiger partial charge in [-0.15, -0.1) is 0 Å². The van der Waals surface area contributed by atoms with Crippen LogP contribution in [-0.2, 0) is 6.54 Å². The van der Waals surface area contributed by atoms with Crippen molar-refractivity contribution in [2.24, 2.45) is 17.6 Å². The van der Waals surface area contributed by atoms with Crippen molar-refractivity contribution in [3.63, 3.8) is 0 Å². The summed E-state index contributed by atoms with van der Waals surface area (Å²) in [5.41, 5.74) is 6.81. The summed E-state index contributed by atoms with van der Waals surface area (Å²) in [5, 5.41) is 0. The topological polar surface area (TPSA) is 38.5 Å². The first-order valence-electron chi connectivity index (χ1n) is 7.50. The standard InChI is InChI=1S/C16H24N2O/c17-10-13-4-1-2-7-16(13)19-9-8-18-11-14-5-3-6-15(14)12-18/h1-2,4,7,14-15H,3,5-6,8-12,17H2. The largest absolute Gasteiger partial charge is 0.492 e. The lowest BCUT2D eigenvalue weighted by Crippen LogP contribution is -2.27. The van der Waals surface area contributed by atoms with Gasteiger partial charge in [-0.1, -0.05) is 24.6 Å². The highest BCUT2D eigenvalue weighted by Crippen LogP contribution is 2.37. The fraction of sp³-hybridized carbons (Fsp3) is 0.625. The van der Waals surface area contributed by atoms with Gasteiger partial charge in [-0.3, -0.25) is 4.90 Å². The SMILES string of the molecule is NCc1ccccc1OCCN1CC2CCCC2C1. The summed E-state index contributed by atoms with van der Waals surface area (Å²) < 4.78 is 5.89. The number of nitrogens with zero attached hydrogens (tertiary/aromatic N) is 1. The predicted octanol–water partition coefficient (Wildman–Crippen LogP) is 2.26. The molecule has 3 rings (SSSR count). The summed E-state index contributed by atoms with van der Waals surface area (Å²) in [6.07, 6.45) is 4.33. The van der Waals surface area contributed by atoms with Crippen LogP contribution >= 0.6 is 0 Å². The molecule has 19 heavy (non-hydrogen) atoms. The number of hydrogen-bond donors (Lipinski definition) is 1. The molecule has 3 heteroatoms. The third kappa shape index (κ3) is 2.93. The van der Waals surface area contributed by atoms with E-state index in [1.807, 2.05) is 24.3 Å². The second kappa shape index (κ2) is 5.93. The van der Waals surface area contributed by atoms with Crippen LogP contribution in [0.15, 0.2) is 24.3 Å². The monoisotopic (exact) mass is 260 g/mol. The summed E-state index contributed by atoms with van der Waals surface area (Å²) in [6.45, 7) is 4.94. The first kappa shape index (κ1) is 12.9. The van der Waals surface area contributed by atoms with Crippen LogP contribution in [0.1, 0.15) is 24.8 Å². The molecule has 0 amide bonds. The van der Waals surface area contributed by atoms with Crippen LogP contribution in [0.5, 0.6) is 5.75 Å². The van der Waals surface area contributed by atoms with Gasteiger partial charge in [0.2, 0.25) is 0 Å². The highest BCUT2D eigenvalue weighted by atomic mass is 16.5. The van der Waals surface area contributed by atoms with Gasteiger partial charge in [0.1, 0.15) is 12.4 Å². The number of benzene rings is 1. The molecule has 0 bridgehead atoms. The summed E-state index contributed by atoms with van der Waals surface area (Å²) in [5.74, 6) is 2.89.